The summed E-state index contributed by atoms with van der Waals surface area (Å²) >= 11 is 0. The average Bonchev–Trinajstić information content (AvgIpc) is 2.53. The molecular weight excluding hydrogens is 256 g/mol. The quantitative estimate of drug-likeness (QED) is 0.305. The number of rotatable bonds is 14. The molecule has 0 aromatic heterocycles. The van der Waals surface area contributed by atoms with Gasteiger partial charge in [0.25, 0.3) is 0 Å². The van der Waals surface area contributed by atoms with Crippen LogP contribution in [0.2, 0.25) is 0 Å². The second kappa shape index (κ2) is 14.9. The van der Waals surface area contributed by atoms with Crippen molar-refractivity contribution in [2.24, 2.45) is 5.92 Å². The van der Waals surface area contributed by atoms with Crippen LogP contribution >= 0.6 is 0 Å². The van der Waals surface area contributed by atoms with Gasteiger partial charge in [-0.25, -0.2) is 5.11 Å². The maximum absolute atomic E-state index is 10.3. The van der Waals surface area contributed by atoms with Crippen LogP contribution in [0.4, 0.5) is 0 Å². The summed E-state index contributed by atoms with van der Waals surface area (Å²) < 4.78 is 0. The van der Waals surface area contributed by atoms with Gasteiger partial charge < -0.3 is 0 Å². The van der Waals surface area contributed by atoms with Gasteiger partial charge in [-0.05, 0) is 12.3 Å². The first-order valence-corrected chi connectivity index (χ1v) is 10.0. The van der Waals surface area contributed by atoms with E-state index in [-0.39, 0.29) is 6.61 Å². The zero-order valence-electron chi connectivity index (χ0n) is 14.4. The minimum atomic E-state index is 0.126. The molecule has 1 fully saturated rings. The number of hydrogen-bond acceptors (Lipinski definition) is 0. The van der Waals surface area contributed by atoms with Crippen molar-refractivity contribution in [1.82, 2.24) is 0 Å². The Balaban J connectivity index is 1.69. The van der Waals surface area contributed by atoms with E-state index in [1.54, 1.807) is 0 Å². The minimum Gasteiger partial charge on any atom is -0.237 e. The second-order valence-corrected chi connectivity index (χ2v) is 7.24. The Bertz CT molecular complexity index is 196. The molecule has 0 aromatic carbocycles. The summed E-state index contributed by atoms with van der Waals surface area (Å²) in [4.78, 5) is 0. The van der Waals surface area contributed by atoms with Crippen molar-refractivity contribution >= 4 is 0 Å². The van der Waals surface area contributed by atoms with Crippen LogP contribution < -0.4 is 0 Å². The molecule has 0 aliphatic heterocycles. The first-order valence-electron chi connectivity index (χ1n) is 10.0. The summed E-state index contributed by atoms with van der Waals surface area (Å²) in [5.41, 5.74) is 0. The Hall–Kier alpha value is -0.0400. The molecule has 0 amide bonds. The maximum atomic E-state index is 10.3. The first-order chi connectivity index (χ1) is 10.4. The molecule has 0 saturated heterocycles. The third kappa shape index (κ3) is 12.2. The maximum Gasteiger partial charge on any atom is 0.0822 e. The first kappa shape index (κ1) is 19.0. The summed E-state index contributed by atoms with van der Waals surface area (Å²) in [6.07, 6.45) is 25.3. The molecule has 1 rings (SSSR count). The van der Waals surface area contributed by atoms with Crippen LogP contribution in [-0.4, -0.2) is 6.61 Å². The van der Waals surface area contributed by atoms with Gasteiger partial charge in [-0.1, -0.05) is 109 Å². The van der Waals surface area contributed by atoms with Crippen molar-refractivity contribution in [3.05, 3.63) is 0 Å². The lowest BCUT2D eigenvalue weighted by Crippen LogP contribution is -2.05. The molecule has 0 aromatic rings. The van der Waals surface area contributed by atoms with Crippen molar-refractivity contribution in [2.45, 2.75) is 116 Å². The molecule has 0 N–H and O–H groups in total. The van der Waals surface area contributed by atoms with Crippen molar-refractivity contribution in [3.63, 3.8) is 0 Å². The molecule has 1 saturated carbocycles. The summed E-state index contributed by atoms with van der Waals surface area (Å²) in [7, 11) is 0. The molecule has 1 aliphatic rings. The van der Waals surface area contributed by atoms with Crippen LogP contribution in [0.1, 0.15) is 116 Å². The lowest BCUT2D eigenvalue weighted by molar-refractivity contribution is 0.186. The van der Waals surface area contributed by atoms with Crippen molar-refractivity contribution < 1.29 is 5.11 Å². The van der Waals surface area contributed by atoms with Gasteiger partial charge >= 0.3 is 0 Å². The van der Waals surface area contributed by atoms with Crippen LogP contribution in [0.15, 0.2) is 0 Å². The normalized spacial score (nSPS) is 16.4. The molecule has 1 aliphatic carbocycles. The third-order valence-corrected chi connectivity index (χ3v) is 5.23. The van der Waals surface area contributed by atoms with E-state index in [2.05, 4.69) is 0 Å². The van der Waals surface area contributed by atoms with E-state index in [1.807, 2.05) is 0 Å². The molecule has 0 spiro atoms. The van der Waals surface area contributed by atoms with Crippen LogP contribution in [0, 0.1) is 5.92 Å². The van der Waals surface area contributed by atoms with Gasteiger partial charge in [-0.2, -0.15) is 0 Å². The number of hydrogen-bond donors (Lipinski definition) is 0. The van der Waals surface area contributed by atoms with Gasteiger partial charge in [0.2, 0.25) is 0 Å². The molecule has 0 unspecified atom stereocenters. The second-order valence-electron chi connectivity index (χ2n) is 7.24. The molecule has 0 bridgehead atoms. The van der Waals surface area contributed by atoms with E-state index in [4.69, 9.17) is 0 Å². The van der Waals surface area contributed by atoms with Crippen molar-refractivity contribution in [2.75, 3.05) is 6.61 Å². The number of unbranched alkanes of at least 4 members (excludes halogenated alkanes) is 11. The monoisotopic (exact) mass is 295 g/mol. The third-order valence-electron chi connectivity index (χ3n) is 5.23. The van der Waals surface area contributed by atoms with Gasteiger partial charge in [0.15, 0.2) is 0 Å². The predicted molar refractivity (Wildman–Crippen MR) is 92.1 cm³/mol. The molecule has 0 heterocycles. The highest BCUT2D eigenvalue weighted by atomic mass is 16.2. The van der Waals surface area contributed by atoms with Gasteiger partial charge in [0, 0.05) is 0 Å². The van der Waals surface area contributed by atoms with Crippen molar-refractivity contribution in [1.29, 1.82) is 0 Å². The highest BCUT2D eigenvalue weighted by Crippen LogP contribution is 2.28. The van der Waals surface area contributed by atoms with Gasteiger partial charge in [0.05, 0.1) is 6.61 Å². The van der Waals surface area contributed by atoms with Crippen molar-refractivity contribution in [3.8, 4) is 0 Å². The van der Waals surface area contributed by atoms with E-state index in [9.17, 15) is 5.11 Å². The highest BCUT2D eigenvalue weighted by Gasteiger charge is 2.12. The summed E-state index contributed by atoms with van der Waals surface area (Å²) in [5, 5.41) is 10.3. The SMILES string of the molecule is [O]CCCCCCCCCCCCCCC1CCCCC1. The van der Waals surface area contributed by atoms with Crippen LogP contribution in [-0.2, 0) is 5.11 Å². The molecule has 1 nitrogen and oxygen atoms in total. The van der Waals surface area contributed by atoms with E-state index < -0.39 is 0 Å². The van der Waals surface area contributed by atoms with Crippen LogP contribution in [0.25, 0.3) is 0 Å². The summed E-state index contributed by atoms with van der Waals surface area (Å²) in [5.74, 6) is 1.08. The largest absolute Gasteiger partial charge is 0.237 e. The fourth-order valence-corrected chi connectivity index (χ4v) is 3.78. The smallest absolute Gasteiger partial charge is 0.0822 e. The molecular formula is C20H39O. The highest BCUT2D eigenvalue weighted by molar-refractivity contribution is 4.65. The Labute approximate surface area is 133 Å². The van der Waals surface area contributed by atoms with Crippen LogP contribution in [0.3, 0.4) is 0 Å². The average molecular weight is 296 g/mol. The zero-order valence-corrected chi connectivity index (χ0v) is 14.4. The fraction of sp³-hybridized carbons (Fsp3) is 1.00. The van der Waals surface area contributed by atoms with E-state index >= 15 is 0 Å². The molecule has 0 atom stereocenters. The lowest BCUT2D eigenvalue weighted by atomic mass is 9.85. The summed E-state index contributed by atoms with van der Waals surface area (Å²) in [6, 6.07) is 0. The summed E-state index contributed by atoms with van der Waals surface area (Å²) in [6.45, 7) is 0.126. The molecule has 1 heteroatoms. The lowest BCUT2D eigenvalue weighted by Gasteiger charge is -2.21. The Morgan fingerprint density at radius 1 is 0.524 bits per heavy atom. The van der Waals surface area contributed by atoms with Crippen LogP contribution in [0.5, 0.6) is 0 Å². The topological polar surface area (TPSA) is 19.9 Å². The van der Waals surface area contributed by atoms with Gasteiger partial charge in [-0.3, -0.25) is 0 Å². The minimum absolute atomic E-state index is 0.126. The molecule has 21 heavy (non-hydrogen) atoms. The zero-order chi connectivity index (χ0) is 15.0. The standard InChI is InChI=1S/C20H39O/c21-19-15-10-8-6-4-2-1-3-5-7-9-12-16-20-17-13-11-14-18-20/h20H,1-19H2. The Morgan fingerprint density at radius 3 is 1.43 bits per heavy atom. The van der Waals surface area contributed by atoms with Gasteiger partial charge in [-0.15, -0.1) is 0 Å². The Kier molecular flexibility index (Phi) is 13.5. The predicted octanol–water partition coefficient (Wildman–Crippen LogP) is 7.07. The van der Waals surface area contributed by atoms with E-state index in [0.717, 1.165) is 18.8 Å². The van der Waals surface area contributed by atoms with E-state index in [0.29, 0.717) is 0 Å². The molecule has 125 valence electrons. The Morgan fingerprint density at radius 2 is 0.952 bits per heavy atom. The van der Waals surface area contributed by atoms with E-state index in [1.165, 1.54) is 103 Å². The molecule has 1 radical (unpaired) electrons. The van der Waals surface area contributed by atoms with Gasteiger partial charge in [0.1, 0.15) is 0 Å². The fourth-order valence-electron chi connectivity index (χ4n) is 3.78.